The van der Waals surface area contributed by atoms with E-state index in [4.69, 9.17) is 5.10 Å². The fourth-order valence-corrected chi connectivity index (χ4v) is 6.38. The molecule has 5 rings (SSSR count). The number of amides is 1. The Balaban J connectivity index is 1.50. The maximum Gasteiger partial charge on any atom is 0.226 e. The quantitative estimate of drug-likeness (QED) is 0.228. The second-order valence-corrected chi connectivity index (χ2v) is 13.0. The largest absolute Gasteiger partial charge is 0.391 e. The topological polar surface area (TPSA) is 67.2 Å². The van der Waals surface area contributed by atoms with Crippen molar-refractivity contribution in [3.63, 3.8) is 0 Å². The molecule has 1 aliphatic rings. The van der Waals surface area contributed by atoms with Gasteiger partial charge in [0, 0.05) is 14.9 Å². The lowest BCUT2D eigenvalue weighted by Crippen LogP contribution is -2.48. The Kier molecular flexibility index (Phi) is 7.82. The molecule has 0 radical (unpaired) electrons. The van der Waals surface area contributed by atoms with Gasteiger partial charge in [-0.05, 0) is 80.1 Å². The zero-order valence-electron chi connectivity index (χ0n) is 22.3. The Morgan fingerprint density at radius 3 is 2.53 bits per heavy atom. The summed E-state index contributed by atoms with van der Waals surface area (Å²) in [5, 5.41) is 19.3. The molecule has 1 amide bonds. The number of benzene rings is 3. The van der Waals surface area contributed by atoms with Gasteiger partial charge in [-0.15, -0.1) is 0 Å². The number of halogens is 1. The summed E-state index contributed by atoms with van der Waals surface area (Å²) in [5.74, 6) is -0.0681. The minimum atomic E-state index is -0.691. The van der Waals surface area contributed by atoms with Gasteiger partial charge in [0.1, 0.15) is 0 Å². The lowest BCUT2D eigenvalue weighted by Gasteiger charge is -2.35. The summed E-state index contributed by atoms with van der Waals surface area (Å²) in [7, 11) is 0. The summed E-state index contributed by atoms with van der Waals surface area (Å²) >= 11 is -0.184. The maximum absolute atomic E-state index is 13.7. The molecule has 1 heterocycles. The molecular weight excluding hydrogens is 585 g/mol. The van der Waals surface area contributed by atoms with Crippen molar-refractivity contribution >= 4 is 42.1 Å². The van der Waals surface area contributed by atoms with Crippen molar-refractivity contribution in [1.82, 2.24) is 15.1 Å². The lowest BCUT2D eigenvalue weighted by molar-refractivity contribution is -0.132. The first-order valence-corrected chi connectivity index (χ1v) is 15.9. The van der Waals surface area contributed by atoms with Crippen molar-refractivity contribution in [3.8, 4) is 5.69 Å². The first kappa shape index (κ1) is 26.8. The molecule has 3 aromatic carbocycles. The van der Waals surface area contributed by atoms with Crippen LogP contribution < -0.4 is 5.32 Å². The molecule has 2 N–H and O–H groups in total. The van der Waals surface area contributed by atoms with Gasteiger partial charge < -0.3 is 10.4 Å². The number of carbonyl (C=O) groups excluding carboxylic acids is 1. The Labute approximate surface area is 235 Å². The summed E-state index contributed by atoms with van der Waals surface area (Å²) in [4.78, 5) is 13.7. The second kappa shape index (κ2) is 11.1. The van der Waals surface area contributed by atoms with Crippen LogP contribution in [0.25, 0.3) is 16.6 Å². The van der Waals surface area contributed by atoms with Crippen LogP contribution >= 0.6 is 20.7 Å². The Bertz CT molecular complexity index is 1440. The van der Waals surface area contributed by atoms with Gasteiger partial charge >= 0.3 is 0 Å². The summed E-state index contributed by atoms with van der Waals surface area (Å²) in [6.45, 7) is 6.15. The molecule has 0 aliphatic heterocycles. The fraction of sp³-hybridized carbons (Fsp3) is 0.344. The van der Waals surface area contributed by atoms with E-state index in [1.165, 1.54) is 14.7 Å². The van der Waals surface area contributed by atoms with Crippen LogP contribution in [0.15, 0.2) is 72.9 Å². The molecule has 6 heteroatoms. The van der Waals surface area contributed by atoms with E-state index in [-0.39, 0.29) is 38.6 Å². The highest BCUT2D eigenvalue weighted by Crippen LogP contribution is 2.40. The van der Waals surface area contributed by atoms with Crippen molar-refractivity contribution in [2.75, 3.05) is 0 Å². The van der Waals surface area contributed by atoms with E-state index in [2.05, 4.69) is 83.5 Å². The molecule has 198 valence electrons. The normalized spacial score (nSPS) is 18.5. The van der Waals surface area contributed by atoms with Crippen molar-refractivity contribution in [3.05, 3.63) is 93.2 Å². The minimum Gasteiger partial charge on any atom is -0.391 e. The first-order valence-electron chi connectivity index (χ1n) is 13.3. The smallest absolute Gasteiger partial charge is 0.226 e. The van der Waals surface area contributed by atoms with E-state index in [0.29, 0.717) is 0 Å². The van der Waals surface area contributed by atoms with Crippen LogP contribution in [0.3, 0.4) is 0 Å². The second-order valence-electron chi connectivity index (χ2n) is 11.0. The molecule has 4 aromatic rings. The fourth-order valence-electron chi connectivity index (χ4n) is 5.52. The van der Waals surface area contributed by atoms with Crippen LogP contribution in [0.4, 0.5) is 0 Å². The maximum atomic E-state index is 13.7. The minimum absolute atomic E-state index is 0.00957. The average molecular weight is 622 g/mol. The number of hydrogen-bond donors (Lipinski definition) is 2. The van der Waals surface area contributed by atoms with Crippen molar-refractivity contribution in [1.29, 1.82) is 0 Å². The molecule has 1 saturated carbocycles. The van der Waals surface area contributed by atoms with Gasteiger partial charge in [0.15, 0.2) is 0 Å². The monoisotopic (exact) mass is 621 g/mol. The van der Waals surface area contributed by atoms with Gasteiger partial charge in [-0.1, -0.05) is 75.0 Å². The number of nitrogens with zero attached hydrogens (tertiary/aromatic N) is 2. The van der Waals surface area contributed by atoms with Gasteiger partial charge in [0.05, 0.1) is 35.0 Å². The summed E-state index contributed by atoms with van der Waals surface area (Å²) in [6.07, 6.45) is 4.71. The molecule has 3 unspecified atom stereocenters. The van der Waals surface area contributed by atoms with Crippen LogP contribution in [-0.4, -0.2) is 37.5 Å². The number of nitrogens with one attached hydrogen (secondary N) is 1. The molecule has 38 heavy (non-hydrogen) atoms. The van der Waals surface area contributed by atoms with Crippen molar-refractivity contribution in [2.45, 2.75) is 64.5 Å². The number of aliphatic hydroxyl groups is 1. The van der Waals surface area contributed by atoms with Crippen LogP contribution in [0.1, 0.15) is 55.7 Å². The SMILES string of the molecule is C=Ic1ccc(-n2ncc3cc(C(Cc4ccc(C)cc4)C(C)(C)C(=O)NC4CCCC4O)ccc32)cc1. The van der Waals surface area contributed by atoms with Gasteiger partial charge in [-0.3, -0.25) is 4.79 Å². The number of fused-ring (bicyclic) bond motifs is 1. The third-order valence-electron chi connectivity index (χ3n) is 8.03. The summed E-state index contributed by atoms with van der Waals surface area (Å²) in [6, 6.07) is 23.3. The molecule has 1 aromatic heterocycles. The number of rotatable bonds is 8. The van der Waals surface area contributed by atoms with Crippen LogP contribution in [-0.2, 0) is 11.2 Å². The Morgan fingerprint density at radius 1 is 1.13 bits per heavy atom. The zero-order valence-corrected chi connectivity index (χ0v) is 24.5. The van der Waals surface area contributed by atoms with E-state index in [9.17, 15) is 9.90 Å². The molecule has 0 spiro atoms. The van der Waals surface area contributed by atoms with E-state index >= 15 is 0 Å². The Hall–Kier alpha value is -2.84. The van der Waals surface area contributed by atoms with E-state index in [1.54, 1.807) is 0 Å². The Morgan fingerprint density at radius 2 is 1.87 bits per heavy atom. The van der Waals surface area contributed by atoms with Gasteiger partial charge in [-0.25, -0.2) is 4.68 Å². The summed E-state index contributed by atoms with van der Waals surface area (Å²) in [5.41, 5.74) is 4.91. The highest BCUT2D eigenvalue weighted by molar-refractivity contribution is 14.2. The third kappa shape index (κ3) is 5.47. The zero-order chi connectivity index (χ0) is 26.9. The number of aryl methyl sites for hydroxylation is 1. The van der Waals surface area contributed by atoms with Crippen LogP contribution in [0.2, 0.25) is 0 Å². The number of aromatic nitrogens is 2. The highest BCUT2D eigenvalue weighted by atomic mass is 127. The van der Waals surface area contributed by atoms with Gasteiger partial charge in [-0.2, -0.15) is 5.10 Å². The molecular formula is C32H36IN3O2. The predicted molar refractivity (Wildman–Crippen MR) is 164 cm³/mol. The number of carbonyl (C=O) groups is 1. The van der Waals surface area contributed by atoms with E-state index in [0.717, 1.165) is 47.8 Å². The molecule has 1 aliphatic carbocycles. The van der Waals surface area contributed by atoms with Crippen LogP contribution in [0, 0.1) is 15.9 Å². The van der Waals surface area contributed by atoms with Gasteiger partial charge in [0.2, 0.25) is 5.91 Å². The predicted octanol–water partition coefficient (Wildman–Crippen LogP) is 6.29. The van der Waals surface area contributed by atoms with Crippen molar-refractivity contribution < 1.29 is 9.90 Å². The molecule has 0 saturated heterocycles. The highest BCUT2D eigenvalue weighted by Gasteiger charge is 2.40. The molecule has 3 atom stereocenters. The lowest BCUT2D eigenvalue weighted by atomic mass is 9.71. The van der Waals surface area contributed by atoms with E-state index in [1.807, 2.05) is 24.7 Å². The van der Waals surface area contributed by atoms with E-state index < -0.39 is 11.5 Å². The first-order chi connectivity index (χ1) is 18.3. The summed E-state index contributed by atoms with van der Waals surface area (Å²) < 4.78 is 7.34. The van der Waals surface area contributed by atoms with Gasteiger partial charge in [0.25, 0.3) is 0 Å². The average Bonchev–Trinajstić information content (AvgIpc) is 3.53. The molecule has 5 nitrogen and oxygen atoms in total. The molecule has 0 bridgehead atoms. The van der Waals surface area contributed by atoms with Crippen molar-refractivity contribution in [2.24, 2.45) is 5.41 Å². The number of hydrogen-bond acceptors (Lipinski definition) is 3. The van der Waals surface area contributed by atoms with Crippen LogP contribution in [0.5, 0.6) is 0 Å². The third-order valence-corrected chi connectivity index (χ3v) is 9.63. The number of aliphatic hydroxyl groups excluding tert-OH is 1. The molecule has 1 fully saturated rings. The standard InChI is InChI=1S/C32H36IN3O2/c1-21-8-10-22(11-9-21)18-27(32(2,3)31(38)35-28-6-5-7-30(28)37)23-12-17-29-24(19-23)20-34-36(29)26-15-13-25(33-4)14-16-26/h8-17,19-20,27-28,30,37H,4-7,18H2,1-3H3,(H,35,38).